The van der Waals surface area contributed by atoms with Gasteiger partial charge >= 0.3 is 0 Å². The molecule has 3 N–H and O–H groups in total. The van der Waals surface area contributed by atoms with Crippen LogP contribution in [-0.4, -0.2) is 29.8 Å². The molecule has 1 aromatic carbocycles. The normalized spacial score (nSPS) is 22.9. The van der Waals surface area contributed by atoms with Gasteiger partial charge in [0.2, 0.25) is 0 Å². The fourth-order valence-electron chi connectivity index (χ4n) is 2.49. The second-order valence-corrected chi connectivity index (χ2v) is 5.91. The summed E-state index contributed by atoms with van der Waals surface area (Å²) in [5.41, 5.74) is 1.13. The van der Waals surface area contributed by atoms with Crippen LogP contribution in [0.1, 0.15) is 38.2 Å². The van der Waals surface area contributed by atoms with Gasteiger partial charge < -0.3 is 15.7 Å². The first-order chi connectivity index (χ1) is 10.2. The lowest BCUT2D eigenvalue weighted by molar-refractivity contribution is 0.120. The van der Waals surface area contributed by atoms with E-state index < -0.39 is 0 Å². The molecule has 0 bridgehead atoms. The summed E-state index contributed by atoms with van der Waals surface area (Å²) in [4.78, 5) is 4.62. The van der Waals surface area contributed by atoms with Gasteiger partial charge in [-0.15, -0.1) is 0 Å². The molecular formula is C16H24ClN3O. The van der Waals surface area contributed by atoms with Gasteiger partial charge in [-0.25, -0.2) is 4.99 Å². The molecule has 1 saturated carbocycles. The number of rotatable bonds is 4. The average molecular weight is 310 g/mol. The third kappa shape index (κ3) is 5.56. The first-order valence-corrected chi connectivity index (χ1v) is 8.02. The highest BCUT2D eigenvalue weighted by Crippen LogP contribution is 2.18. The molecule has 1 aromatic rings. The van der Waals surface area contributed by atoms with E-state index >= 15 is 0 Å². The number of guanidine groups is 1. The standard InChI is InChI=1S/C16H24ClN3O/c1-2-18-16(20-14-7-9-15(21)10-8-14)19-11-12-3-5-13(17)6-4-12/h3-6,14-15,21H,2,7-11H2,1H3,(H2,18,19,20). The Morgan fingerprint density at radius 1 is 1.24 bits per heavy atom. The van der Waals surface area contributed by atoms with Crippen LogP contribution < -0.4 is 10.6 Å². The highest BCUT2D eigenvalue weighted by molar-refractivity contribution is 6.30. The van der Waals surface area contributed by atoms with Crippen molar-refractivity contribution in [2.24, 2.45) is 4.99 Å². The molecular weight excluding hydrogens is 286 g/mol. The fraction of sp³-hybridized carbons (Fsp3) is 0.562. The number of nitrogens with one attached hydrogen (secondary N) is 2. The average Bonchev–Trinajstić information content (AvgIpc) is 2.49. The van der Waals surface area contributed by atoms with Gasteiger partial charge in [-0.05, 0) is 50.3 Å². The summed E-state index contributed by atoms with van der Waals surface area (Å²) in [5.74, 6) is 0.842. The SMILES string of the molecule is CCNC(=NCc1ccc(Cl)cc1)NC1CCC(O)CC1. The minimum absolute atomic E-state index is 0.128. The van der Waals surface area contributed by atoms with Crippen molar-refractivity contribution in [2.45, 2.75) is 51.3 Å². The Balaban J connectivity index is 1.91. The lowest BCUT2D eigenvalue weighted by Gasteiger charge is -2.27. The second kappa shape index (κ2) is 8.25. The third-order valence-electron chi connectivity index (χ3n) is 3.71. The van der Waals surface area contributed by atoms with Crippen molar-refractivity contribution in [3.8, 4) is 0 Å². The molecule has 2 rings (SSSR count). The molecule has 0 amide bonds. The molecule has 0 aliphatic heterocycles. The van der Waals surface area contributed by atoms with E-state index in [0.717, 1.165) is 48.8 Å². The minimum atomic E-state index is -0.128. The van der Waals surface area contributed by atoms with Crippen LogP contribution >= 0.6 is 11.6 Å². The van der Waals surface area contributed by atoms with Gasteiger partial charge in [-0.3, -0.25) is 0 Å². The maximum Gasteiger partial charge on any atom is 0.191 e. The van der Waals surface area contributed by atoms with E-state index in [1.165, 1.54) is 0 Å². The molecule has 5 heteroatoms. The van der Waals surface area contributed by atoms with Crippen LogP contribution in [0.4, 0.5) is 0 Å². The van der Waals surface area contributed by atoms with Crippen molar-refractivity contribution in [3.05, 3.63) is 34.9 Å². The van der Waals surface area contributed by atoms with E-state index in [1.54, 1.807) is 0 Å². The van der Waals surface area contributed by atoms with Gasteiger partial charge in [0.1, 0.15) is 0 Å². The van der Waals surface area contributed by atoms with Crippen molar-refractivity contribution >= 4 is 17.6 Å². The molecule has 1 aliphatic rings. The van der Waals surface area contributed by atoms with E-state index in [0.29, 0.717) is 12.6 Å². The molecule has 116 valence electrons. The maximum absolute atomic E-state index is 9.55. The third-order valence-corrected chi connectivity index (χ3v) is 3.97. The van der Waals surface area contributed by atoms with Crippen LogP contribution in [0.3, 0.4) is 0 Å². The number of aliphatic hydroxyl groups excluding tert-OH is 1. The Hall–Kier alpha value is -1.26. The first kappa shape index (κ1) is 16.1. The Bertz CT molecular complexity index is 453. The summed E-state index contributed by atoms with van der Waals surface area (Å²) in [7, 11) is 0. The number of hydrogen-bond acceptors (Lipinski definition) is 2. The Morgan fingerprint density at radius 3 is 2.52 bits per heavy atom. The molecule has 0 radical (unpaired) electrons. The minimum Gasteiger partial charge on any atom is -0.393 e. The number of aliphatic imine (C=N–C) groups is 1. The van der Waals surface area contributed by atoms with Crippen LogP contribution in [0.5, 0.6) is 0 Å². The quantitative estimate of drug-likeness (QED) is 0.592. The first-order valence-electron chi connectivity index (χ1n) is 7.64. The Labute approximate surface area is 131 Å². The van der Waals surface area contributed by atoms with Gasteiger partial charge in [-0.2, -0.15) is 0 Å². The number of nitrogens with zero attached hydrogens (tertiary/aromatic N) is 1. The van der Waals surface area contributed by atoms with E-state index in [2.05, 4.69) is 22.5 Å². The molecule has 0 aromatic heterocycles. The van der Waals surface area contributed by atoms with Crippen molar-refractivity contribution in [3.63, 3.8) is 0 Å². The zero-order valence-electron chi connectivity index (χ0n) is 12.5. The van der Waals surface area contributed by atoms with Crippen molar-refractivity contribution < 1.29 is 5.11 Å². The topological polar surface area (TPSA) is 56.7 Å². The van der Waals surface area contributed by atoms with Gasteiger partial charge in [0, 0.05) is 17.6 Å². The van der Waals surface area contributed by atoms with Crippen LogP contribution in [0.25, 0.3) is 0 Å². The molecule has 0 heterocycles. The van der Waals surface area contributed by atoms with Crippen LogP contribution in [-0.2, 0) is 6.54 Å². The molecule has 0 unspecified atom stereocenters. The molecule has 0 atom stereocenters. The predicted molar refractivity (Wildman–Crippen MR) is 87.7 cm³/mol. The van der Waals surface area contributed by atoms with Crippen molar-refractivity contribution in [1.29, 1.82) is 0 Å². The van der Waals surface area contributed by atoms with E-state index in [9.17, 15) is 5.11 Å². The number of benzene rings is 1. The van der Waals surface area contributed by atoms with Crippen LogP contribution in [0, 0.1) is 0 Å². The van der Waals surface area contributed by atoms with Crippen molar-refractivity contribution in [1.82, 2.24) is 10.6 Å². The van der Waals surface area contributed by atoms with Gasteiger partial charge in [0.25, 0.3) is 0 Å². The van der Waals surface area contributed by atoms with E-state index in [1.807, 2.05) is 24.3 Å². The molecule has 0 spiro atoms. The van der Waals surface area contributed by atoms with Crippen LogP contribution in [0.2, 0.25) is 5.02 Å². The fourth-order valence-corrected chi connectivity index (χ4v) is 2.62. The zero-order valence-corrected chi connectivity index (χ0v) is 13.2. The Morgan fingerprint density at radius 2 is 1.90 bits per heavy atom. The largest absolute Gasteiger partial charge is 0.393 e. The molecule has 21 heavy (non-hydrogen) atoms. The van der Waals surface area contributed by atoms with Crippen LogP contribution in [0.15, 0.2) is 29.3 Å². The molecule has 4 nitrogen and oxygen atoms in total. The smallest absolute Gasteiger partial charge is 0.191 e. The molecule has 1 aliphatic carbocycles. The lowest BCUT2D eigenvalue weighted by atomic mass is 9.93. The zero-order chi connectivity index (χ0) is 15.1. The highest BCUT2D eigenvalue weighted by Gasteiger charge is 2.19. The number of aliphatic hydroxyl groups is 1. The second-order valence-electron chi connectivity index (χ2n) is 5.47. The predicted octanol–water partition coefficient (Wildman–Crippen LogP) is 2.70. The molecule has 1 fully saturated rings. The Kier molecular flexibility index (Phi) is 6.33. The monoisotopic (exact) mass is 309 g/mol. The summed E-state index contributed by atoms with van der Waals surface area (Å²) in [6, 6.07) is 8.15. The van der Waals surface area contributed by atoms with Gasteiger partial charge in [0.15, 0.2) is 5.96 Å². The summed E-state index contributed by atoms with van der Waals surface area (Å²) in [6.45, 7) is 3.52. The summed E-state index contributed by atoms with van der Waals surface area (Å²) in [6.07, 6.45) is 3.60. The molecule has 0 saturated heterocycles. The number of halogens is 1. The van der Waals surface area contributed by atoms with E-state index in [4.69, 9.17) is 11.6 Å². The lowest BCUT2D eigenvalue weighted by Crippen LogP contribution is -2.45. The summed E-state index contributed by atoms with van der Waals surface area (Å²) < 4.78 is 0. The van der Waals surface area contributed by atoms with E-state index in [-0.39, 0.29) is 6.10 Å². The van der Waals surface area contributed by atoms with Gasteiger partial charge in [0.05, 0.1) is 12.6 Å². The summed E-state index contributed by atoms with van der Waals surface area (Å²) >= 11 is 5.88. The maximum atomic E-state index is 9.55. The highest BCUT2D eigenvalue weighted by atomic mass is 35.5. The number of hydrogen-bond donors (Lipinski definition) is 3. The summed E-state index contributed by atoms with van der Waals surface area (Å²) in [5, 5.41) is 17.0. The van der Waals surface area contributed by atoms with Crippen molar-refractivity contribution in [2.75, 3.05) is 6.54 Å². The van der Waals surface area contributed by atoms with Gasteiger partial charge in [-0.1, -0.05) is 23.7 Å².